The highest BCUT2D eigenvalue weighted by molar-refractivity contribution is 6.52. The Hall–Kier alpha value is -2.89. The standard InChI is InChI=1S/C17H14FNO4/c1-22-12-5-3-10(15(8-12)23-2)9-19-14-6-4-11(18)7-13(14)16(20)17(19)21/h3-8H,9H2,1-2H3. The molecule has 1 aliphatic heterocycles. The van der Waals surface area contributed by atoms with E-state index in [4.69, 9.17) is 9.47 Å². The third-order valence-corrected chi connectivity index (χ3v) is 3.76. The first-order chi connectivity index (χ1) is 11.0. The van der Waals surface area contributed by atoms with Crippen LogP contribution >= 0.6 is 0 Å². The molecule has 23 heavy (non-hydrogen) atoms. The molecule has 0 radical (unpaired) electrons. The van der Waals surface area contributed by atoms with E-state index in [0.29, 0.717) is 22.7 Å². The average molecular weight is 315 g/mol. The van der Waals surface area contributed by atoms with Crippen LogP contribution in [0.15, 0.2) is 36.4 Å². The van der Waals surface area contributed by atoms with E-state index in [1.165, 1.54) is 24.1 Å². The van der Waals surface area contributed by atoms with Gasteiger partial charge in [-0.1, -0.05) is 0 Å². The molecule has 118 valence electrons. The summed E-state index contributed by atoms with van der Waals surface area (Å²) < 4.78 is 23.7. The van der Waals surface area contributed by atoms with E-state index in [1.807, 2.05) is 0 Å². The first kappa shape index (κ1) is 15.0. The molecule has 0 fully saturated rings. The number of methoxy groups -OCH3 is 2. The fraction of sp³-hybridized carbons (Fsp3) is 0.176. The fourth-order valence-corrected chi connectivity index (χ4v) is 2.58. The Balaban J connectivity index is 1.98. The Morgan fingerprint density at radius 1 is 1.04 bits per heavy atom. The van der Waals surface area contributed by atoms with E-state index in [-0.39, 0.29) is 12.1 Å². The first-order valence-corrected chi connectivity index (χ1v) is 6.92. The van der Waals surface area contributed by atoms with Crippen LogP contribution in [0.5, 0.6) is 11.5 Å². The van der Waals surface area contributed by atoms with E-state index in [1.54, 1.807) is 25.3 Å². The Bertz CT molecular complexity index is 803. The maximum absolute atomic E-state index is 13.3. The van der Waals surface area contributed by atoms with Gasteiger partial charge < -0.3 is 14.4 Å². The molecule has 1 amide bonds. The van der Waals surface area contributed by atoms with Gasteiger partial charge in [-0.25, -0.2) is 4.39 Å². The number of carbonyl (C=O) groups excluding carboxylic acids is 2. The molecule has 0 bridgehead atoms. The summed E-state index contributed by atoms with van der Waals surface area (Å²) in [5.41, 5.74) is 1.20. The van der Waals surface area contributed by atoms with Gasteiger partial charge in [0.15, 0.2) is 0 Å². The van der Waals surface area contributed by atoms with Gasteiger partial charge in [-0.2, -0.15) is 0 Å². The van der Waals surface area contributed by atoms with Crippen LogP contribution in [0, 0.1) is 5.82 Å². The monoisotopic (exact) mass is 315 g/mol. The van der Waals surface area contributed by atoms with Crippen molar-refractivity contribution in [2.24, 2.45) is 0 Å². The number of hydrogen-bond acceptors (Lipinski definition) is 4. The van der Waals surface area contributed by atoms with E-state index in [9.17, 15) is 14.0 Å². The molecule has 2 aromatic rings. The normalized spacial score (nSPS) is 13.3. The topological polar surface area (TPSA) is 55.8 Å². The number of benzene rings is 2. The van der Waals surface area contributed by atoms with E-state index in [2.05, 4.69) is 0 Å². The van der Waals surface area contributed by atoms with Crippen LogP contribution < -0.4 is 14.4 Å². The van der Waals surface area contributed by atoms with Gasteiger partial charge in [0.05, 0.1) is 32.0 Å². The molecule has 2 aromatic carbocycles. The van der Waals surface area contributed by atoms with Crippen LogP contribution in [-0.4, -0.2) is 25.9 Å². The van der Waals surface area contributed by atoms with Crippen LogP contribution in [-0.2, 0) is 11.3 Å². The van der Waals surface area contributed by atoms with Crippen molar-refractivity contribution in [2.75, 3.05) is 19.1 Å². The lowest BCUT2D eigenvalue weighted by Gasteiger charge is -2.18. The predicted molar refractivity (Wildman–Crippen MR) is 81.5 cm³/mol. The zero-order valence-electron chi connectivity index (χ0n) is 12.6. The third kappa shape index (κ3) is 2.52. The average Bonchev–Trinajstić information content (AvgIpc) is 2.80. The van der Waals surface area contributed by atoms with Crippen molar-refractivity contribution in [3.63, 3.8) is 0 Å². The molecule has 0 unspecified atom stereocenters. The summed E-state index contributed by atoms with van der Waals surface area (Å²) in [6.45, 7) is 0.149. The van der Waals surface area contributed by atoms with Gasteiger partial charge in [0.2, 0.25) is 0 Å². The minimum absolute atomic E-state index is 0.0856. The van der Waals surface area contributed by atoms with Crippen molar-refractivity contribution in [1.82, 2.24) is 0 Å². The molecule has 1 aliphatic rings. The highest BCUT2D eigenvalue weighted by atomic mass is 19.1. The van der Waals surface area contributed by atoms with Gasteiger partial charge in [0, 0.05) is 11.6 Å². The van der Waals surface area contributed by atoms with Crippen LogP contribution in [0.3, 0.4) is 0 Å². The fourth-order valence-electron chi connectivity index (χ4n) is 2.58. The number of ether oxygens (including phenoxy) is 2. The lowest BCUT2D eigenvalue weighted by Crippen LogP contribution is -2.29. The molecule has 0 saturated heterocycles. The van der Waals surface area contributed by atoms with Gasteiger partial charge in [-0.15, -0.1) is 0 Å². The molecular weight excluding hydrogens is 301 g/mol. The van der Waals surface area contributed by atoms with E-state index in [0.717, 1.165) is 6.07 Å². The molecule has 0 aromatic heterocycles. The maximum atomic E-state index is 13.3. The van der Waals surface area contributed by atoms with Gasteiger partial charge in [0.25, 0.3) is 11.7 Å². The number of amides is 1. The number of carbonyl (C=O) groups is 2. The molecule has 0 N–H and O–H groups in total. The van der Waals surface area contributed by atoms with Crippen molar-refractivity contribution >= 4 is 17.4 Å². The number of Topliss-reactive ketones (excluding diaryl/α,β-unsaturated/α-hetero) is 1. The van der Waals surface area contributed by atoms with Crippen LogP contribution in [0.1, 0.15) is 15.9 Å². The van der Waals surface area contributed by atoms with Crippen molar-refractivity contribution in [3.05, 3.63) is 53.3 Å². The number of halogens is 1. The molecule has 1 heterocycles. The summed E-state index contributed by atoms with van der Waals surface area (Å²) in [4.78, 5) is 25.5. The Morgan fingerprint density at radius 3 is 2.52 bits per heavy atom. The molecule has 3 rings (SSSR count). The molecule has 0 atom stereocenters. The summed E-state index contributed by atoms with van der Waals surface area (Å²) in [5, 5.41) is 0. The predicted octanol–water partition coefficient (Wildman–Crippen LogP) is 2.57. The quantitative estimate of drug-likeness (QED) is 0.814. The van der Waals surface area contributed by atoms with E-state index >= 15 is 0 Å². The Labute approximate surface area is 132 Å². The van der Waals surface area contributed by atoms with Crippen molar-refractivity contribution in [3.8, 4) is 11.5 Å². The summed E-state index contributed by atoms with van der Waals surface area (Å²) in [7, 11) is 3.06. The van der Waals surface area contributed by atoms with Crippen LogP contribution in [0.25, 0.3) is 0 Å². The summed E-state index contributed by atoms with van der Waals surface area (Å²) >= 11 is 0. The van der Waals surface area contributed by atoms with Crippen molar-refractivity contribution in [2.45, 2.75) is 6.54 Å². The van der Waals surface area contributed by atoms with Gasteiger partial charge in [0.1, 0.15) is 17.3 Å². The molecule has 5 nitrogen and oxygen atoms in total. The minimum Gasteiger partial charge on any atom is -0.497 e. The SMILES string of the molecule is COc1ccc(CN2C(=O)C(=O)c3cc(F)ccc32)c(OC)c1. The number of anilines is 1. The minimum atomic E-state index is -0.702. The third-order valence-electron chi connectivity index (χ3n) is 3.76. The molecule has 0 spiro atoms. The second-order valence-electron chi connectivity index (χ2n) is 5.06. The number of hydrogen-bond donors (Lipinski definition) is 0. The highest BCUT2D eigenvalue weighted by Crippen LogP contribution is 2.33. The molecule has 0 saturated carbocycles. The molecule has 6 heteroatoms. The largest absolute Gasteiger partial charge is 0.497 e. The van der Waals surface area contributed by atoms with Gasteiger partial charge >= 0.3 is 0 Å². The lowest BCUT2D eigenvalue weighted by molar-refractivity contribution is -0.114. The molecule has 0 aliphatic carbocycles. The summed E-state index contributed by atoms with van der Waals surface area (Å²) in [5.74, 6) is -0.763. The zero-order valence-corrected chi connectivity index (χ0v) is 12.6. The first-order valence-electron chi connectivity index (χ1n) is 6.92. The Kier molecular flexibility index (Phi) is 3.73. The number of rotatable bonds is 4. The molecular formula is C17H14FNO4. The van der Waals surface area contributed by atoms with Gasteiger partial charge in [-0.3, -0.25) is 9.59 Å². The van der Waals surface area contributed by atoms with Crippen LogP contribution in [0.4, 0.5) is 10.1 Å². The smallest absolute Gasteiger partial charge is 0.299 e. The summed E-state index contributed by atoms with van der Waals surface area (Å²) in [6, 6.07) is 8.94. The van der Waals surface area contributed by atoms with Gasteiger partial charge in [-0.05, 0) is 30.3 Å². The van der Waals surface area contributed by atoms with E-state index < -0.39 is 17.5 Å². The number of fused-ring (bicyclic) bond motifs is 1. The van der Waals surface area contributed by atoms with Crippen molar-refractivity contribution in [1.29, 1.82) is 0 Å². The Morgan fingerprint density at radius 2 is 1.83 bits per heavy atom. The zero-order chi connectivity index (χ0) is 16.6. The lowest BCUT2D eigenvalue weighted by atomic mass is 10.1. The number of nitrogens with zero attached hydrogens (tertiary/aromatic N) is 1. The van der Waals surface area contributed by atoms with Crippen LogP contribution in [0.2, 0.25) is 0 Å². The second kappa shape index (κ2) is 5.72. The maximum Gasteiger partial charge on any atom is 0.299 e. The highest BCUT2D eigenvalue weighted by Gasteiger charge is 2.36. The number of ketones is 1. The summed E-state index contributed by atoms with van der Waals surface area (Å²) in [6.07, 6.45) is 0. The second-order valence-corrected chi connectivity index (χ2v) is 5.06. The van der Waals surface area contributed by atoms with Crippen molar-refractivity contribution < 1.29 is 23.5 Å².